The van der Waals surface area contributed by atoms with Crippen LogP contribution in [0.15, 0.2) is 47.4 Å². The van der Waals surface area contributed by atoms with E-state index in [4.69, 9.17) is 0 Å². The number of amides is 1. The van der Waals surface area contributed by atoms with Crippen LogP contribution in [0.1, 0.15) is 50.4 Å². The summed E-state index contributed by atoms with van der Waals surface area (Å²) in [6.07, 6.45) is 0.993. The molecule has 2 rings (SSSR count). The van der Waals surface area contributed by atoms with E-state index in [2.05, 4.69) is 41.8 Å². The fourth-order valence-corrected chi connectivity index (χ4v) is 4.69. The Morgan fingerprint density at radius 1 is 1.03 bits per heavy atom. The Bertz CT molecular complexity index is 952. The first-order valence-electron chi connectivity index (χ1n) is 10.5. The molecule has 0 radical (unpaired) electrons. The Morgan fingerprint density at radius 3 is 2.23 bits per heavy atom. The molecule has 30 heavy (non-hydrogen) atoms. The largest absolute Gasteiger partial charge is 0.325 e. The summed E-state index contributed by atoms with van der Waals surface area (Å²) in [5.41, 5.74) is 3.71. The van der Waals surface area contributed by atoms with Gasteiger partial charge in [0, 0.05) is 24.8 Å². The van der Waals surface area contributed by atoms with Gasteiger partial charge < -0.3 is 10.6 Å². The molecule has 0 saturated carbocycles. The molecule has 2 aromatic rings. The highest BCUT2D eigenvalue weighted by atomic mass is 32.2. The number of anilines is 1. The number of benzene rings is 2. The molecule has 0 bridgehead atoms. The number of hydrogen-bond acceptors (Lipinski definition) is 4. The zero-order chi connectivity index (χ0) is 22.3. The van der Waals surface area contributed by atoms with Gasteiger partial charge in [-0.3, -0.25) is 4.79 Å². The standard InChI is InChI=1S/C23H33N3O3S/c1-6-19-10-12-20(13-11-19)18(5)24-16-23(27)25-22-15-21(14-9-17(22)4)30(28,29)26(7-2)8-3/h9-15,18,24H,6-8,16H2,1-5H3,(H,25,27)/t18-/m1/s1. The van der Waals surface area contributed by atoms with Gasteiger partial charge in [0.05, 0.1) is 11.4 Å². The highest BCUT2D eigenvalue weighted by Gasteiger charge is 2.22. The Labute approximate surface area is 180 Å². The predicted molar refractivity (Wildman–Crippen MR) is 122 cm³/mol. The summed E-state index contributed by atoms with van der Waals surface area (Å²) in [7, 11) is -3.58. The van der Waals surface area contributed by atoms with E-state index in [9.17, 15) is 13.2 Å². The summed E-state index contributed by atoms with van der Waals surface area (Å²) in [5, 5.41) is 6.06. The smallest absolute Gasteiger partial charge is 0.243 e. The number of hydrogen-bond donors (Lipinski definition) is 2. The van der Waals surface area contributed by atoms with Crippen LogP contribution < -0.4 is 10.6 Å². The van der Waals surface area contributed by atoms with Crippen LogP contribution in [0.3, 0.4) is 0 Å². The fraction of sp³-hybridized carbons (Fsp3) is 0.435. The Kier molecular flexibility index (Phi) is 8.58. The molecule has 6 nitrogen and oxygen atoms in total. The van der Waals surface area contributed by atoms with Crippen LogP contribution in [0, 0.1) is 6.92 Å². The van der Waals surface area contributed by atoms with E-state index in [-0.39, 0.29) is 23.4 Å². The molecular weight excluding hydrogens is 398 g/mol. The van der Waals surface area contributed by atoms with Gasteiger partial charge in [-0.1, -0.05) is 51.1 Å². The minimum absolute atomic E-state index is 0.0251. The molecule has 0 unspecified atom stereocenters. The van der Waals surface area contributed by atoms with Crippen molar-refractivity contribution in [3.63, 3.8) is 0 Å². The monoisotopic (exact) mass is 431 g/mol. The van der Waals surface area contributed by atoms with E-state index < -0.39 is 10.0 Å². The molecule has 1 atom stereocenters. The summed E-state index contributed by atoms with van der Waals surface area (Å²) in [6, 6.07) is 13.2. The van der Waals surface area contributed by atoms with E-state index in [0.717, 1.165) is 17.5 Å². The maximum Gasteiger partial charge on any atom is 0.243 e. The van der Waals surface area contributed by atoms with Crippen molar-refractivity contribution in [1.29, 1.82) is 0 Å². The van der Waals surface area contributed by atoms with E-state index in [0.29, 0.717) is 18.8 Å². The average Bonchev–Trinajstić information content (AvgIpc) is 2.74. The van der Waals surface area contributed by atoms with E-state index >= 15 is 0 Å². The number of nitrogens with zero attached hydrogens (tertiary/aromatic N) is 1. The highest BCUT2D eigenvalue weighted by molar-refractivity contribution is 7.89. The van der Waals surface area contributed by atoms with Crippen molar-refractivity contribution < 1.29 is 13.2 Å². The quantitative estimate of drug-likeness (QED) is 0.598. The van der Waals surface area contributed by atoms with Gasteiger partial charge in [0.1, 0.15) is 0 Å². The fourth-order valence-electron chi connectivity index (χ4n) is 3.21. The van der Waals surface area contributed by atoms with Crippen LogP contribution in [0.2, 0.25) is 0 Å². The van der Waals surface area contributed by atoms with Crippen LogP contribution in [0.4, 0.5) is 5.69 Å². The lowest BCUT2D eigenvalue weighted by molar-refractivity contribution is -0.115. The van der Waals surface area contributed by atoms with Crippen LogP contribution >= 0.6 is 0 Å². The average molecular weight is 432 g/mol. The lowest BCUT2D eigenvalue weighted by atomic mass is 10.1. The van der Waals surface area contributed by atoms with Gasteiger partial charge in [0.25, 0.3) is 0 Å². The lowest BCUT2D eigenvalue weighted by Gasteiger charge is -2.19. The summed E-state index contributed by atoms with van der Waals surface area (Å²) in [5.74, 6) is -0.215. The number of aryl methyl sites for hydroxylation is 2. The molecule has 0 fully saturated rings. The third-order valence-corrected chi connectivity index (χ3v) is 7.33. The first-order chi connectivity index (χ1) is 14.2. The first kappa shape index (κ1) is 24.1. The topological polar surface area (TPSA) is 78.5 Å². The first-order valence-corrected chi connectivity index (χ1v) is 11.9. The van der Waals surface area contributed by atoms with Crippen molar-refractivity contribution in [3.8, 4) is 0 Å². The van der Waals surface area contributed by atoms with Crippen molar-refractivity contribution in [2.24, 2.45) is 0 Å². The second-order valence-electron chi connectivity index (χ2n) is 7.31. The van der Waals surface area contributed by atoms with Gasteiger partial charge >= 0.3 is 0 Å². The van der Waals surface area contributed by atoms with Crippen molar-refractivity contribution in [2.75, 3.05) is 25.0 Å². The van der Waals surface area contributed by atoms with E-state index in [1.165, 1.54) is 15.9 Å². The molecule has 0 heterocycles. The van der Waals surface area contributed by atoms with Gasteiger partial charge in [0.2, 0.25) is 15.9 Å². The summed E-state index contributed by atoms with van der Waals surface area (Å²) < 4.78 is 26.9. The van der Waals surface area contributed by atoms with Gasteiger partial charge in [-0.05, 0) is 49.1 Å². The number of sulfonamides is 1. The molecule has 0 spiro atoms. The molecule has 0 aliphatic heterocycles. The Hall–Kier alpha value is -2.22. The predicted octanol–water partition coefficient (Wildman–Crippen LogP) is 3.88. The number of rotatable bonds is 10. The molecule has 7 heteroatoms. The minimum atomic E-state index is -3.58. The molecule has 0 aromatic heterocycles. The molecule has 1 amide bonds. The molecule has 2 aromatic carbocycles. The van der Waals surface area contributed by atoms with Crippen molar-refractivity contribution >= 4 is 21.6 Å². The van der Waals surface area contributed by atoms with Crippen molar-refractivity contribution in [3.05, 3.63) is 59.2 Å². The molecule has 0 aliphatic rings. The van der Waals surface area contributed by atoms with Crippen LogP contribution in [0.5, 0.6) is 0 Å². The number of nitrogens with one attached hydrogen (secondary N) is 2. The van der Waals surface area contributed by atoms with Crippen LogP contribution in [-0.4, -0.2) is 38.3 Å². The van der Waals surface area contributed by atoms with Gasteiger partial charge in [0.15, 0.2) is 0 Å². The third-order valence-electron chi connectivity index (χ3n) is 5.28. The van der Waals surface area contributed by atoms with Crippen LogP contribution in [0.25, 0.3) is 0 Å². The van der Waals surface area contributed by atoms with E-state index in [1.807, 2.05) is 13.8 Å². The minimum Gasteiger partial charge on any atom is -0.325 e. The third kappa shape index (κ3) is 5.90. The second-order valence-corrected chi connectivity index (χ2v) is 9.25. The normalized spacial score (nSPS) is 12.7. The maximum atomic E-state index is 12.8. The molecule has 0 saturated heterocycles. The molecule has 0 aliphatic carbocycles. The van der Waals surface area contributed by atoms with Gasteiger partial charge in [-0.2, -0.15) is 4.31 Å². The zero-order valence-electron chi connectivity index (χ0n) is 18.5. The summed E-state index contributed by atoms with van der Waals surface area (Å²) in [4.78, 5) is 12.7. The molecule has 2 N–H and O–H groups in total. The van der Waals surface area contributed by atoms with Gasteiger partial charge in [-0.25, -0.2) is 8.42 Å². The molecular formula is C23H33N3O3S. The van der Waals surface area contributed by atoms with Crippen molar-refractivity contribution in [1.82, 2.24) is 9.62 Å². The Morgan fingerprint density at radius 2 is 1.67 bits per heavy atom. The number of carbonyl (C=O) groups excluding carboxylic acids is 1. The molecule has 164 valence electrons. The number of carbonyl (C=O) groups is 1. The summed E-state index contributed by atoms with van der Waals surface area (Å²) in [6.45, 7) is 10.5. The highest BCUT2D eigenvalue weighted by Crippen LogP contribution is 2.23. The maximum absolute atomic E-state index is 12.8. The second kappa shape index (κ2) is 10.7. The summed E-state index contributed by atoms with van der Waals surface area (Å²) >= 11 is 0. The Balaban J connectivity index is 2.05. The van der Waals surface area contributed by atoms with Gasteiger partial charge in [-0.15, -0.1) is 0 Å². The van der Waals surface area contributed by atoms with Crippen molar-refractivity contribution in [2.45, 2.75) is 52.0 Å². The van der Waals surface area contributed by atoms with Crippen LogP contribution in [-0.2, 0) is 21.2 Å². The lowest BCUT2D eigenvalue weighted by Crippen LogP contribution is -2.31. The zero-order valence-corrected chi connectivity index (χ0v) is 19.3. The SMILES string of the molecule is CCc1ccc([C@@H](C)NCC(=O)Nc2cc(S(=O)(=O)N(CC)CC)ccc2C)cc1. The van der Waals surface area contributed by atoms with E-state index in [1.54, 1.807) is 26.0 Å².